The summed E-state index contributed by atoms with van der Waals surface area (Å²) in [7, 11) is 0. The summed E-state index contributed by atoms with van der Waals surface area (Å²) in [6.45, 7) is 5.81. The molecular formula is C11H18O3. The van der Waals surface area contributed by atoms with Gasteiger partial charge in [-0.1, -0.05) is 6.08 Å². The minimum Gasteiger partial charge on any atom is -0.389 e. The third-order valence-electron chi connectivity index (χ3n) is 2.98. The zero-order chi connectivity index (χ0) is 10.3. The molecule has 1 N–H and O–H groups in total. The van der Waals surface area contributed by atoms with Crippen molar-refractivity contribution >= 4 is 0 Å². The number of fused-ring (bicyclic) bond motifs is 1. The first-order valence-corrected chi connectivity index (χ1v) is 5.20. The second kappa shape index (κ2) is 3.33. The van der Waals surface area contributed by atoms with Gasteiger partial charge in [0.25, 0.3) is 0 Å². The molecular weight excluding hydrogens is 180 g/mol. The largest absolute Gasteiger partial charge is 0.389 e. The predicted octanol–water partition coefficient (Wildman–Crippen LogP) is 1.61. The van der Waals surface area contributed by atoms with E-state index in [9.17, 15) is 5.11 Å². The van der Waals surface area contributed by atoms with E-state index in [1.54, 1.807) is 0 Å². The highest BCUT2D eigenvalue weighted by Gasteiger charge is 2.45. The topological polar surface area (TPSA) is 38.7 Å². The molecule has 80 valence electrons. The molecule has 0 bridgehead atoms. The fourth-order valence-corrected chi connectivity index (χ4v) is 2.33. The lowest BCUT2D eigenvalue weighted by molar-refractivity contribution is -0.146. The molecule has 1 heterocycles. The van der Waals surface area contributed by atoms with E-state index in [4.69, 9.17) is 9.47 Å². The van der Waals surface area contributed by atoms with Gasteiger partial charge in [-0.25, -0.2) is 0 Å². The lowest BCUT2D eigenvalue weighted by atomic mass is 9.88. The second-order valence-corrected chi connectivity index (χ2v) is 4.53. The number of aliphatic hydroxyl groups is 1. The average molecular weight is 198 g/mol. The van der Waals surface area contributed by atoms with Crippen molar-refractivity contribution in [3.8, 4) is 0 Å². The number of allylic oxidation sites excluding steroid dienone is 1. The molecule has 14 heavy (non-hydrogen) atoms. The van der Waals surface area contributed by atoms with Crippen molar-refractivity contribution in [2.75, 3.05) is 0 Å². The summed E-state index contributed by atoms with van der Waals surface area (Å²) in [5.41, 5.74) is 1.08. The van der Waals surface area contributed by atoms with Gasteiger partial charge in [-0.15, -0.1) is 0 Å². The Morgan fingerprint density at radius 2 is 2.00 bits per heavy atom. The lowest BCUT2D eigenvalue weighted by Crippen LogP contribution is -2.35. The molecule has 0 spiro atoms. The van der Waals surface area contributed by atoms with Crippen LogP contribution in [0.25, 0.3) is 0 Å². The quantitative estimate of drug-likeness (QED) is 0.601. The number of hydrogen-bond acceptors (Lipinski definition) is 3. The summed E-state index contributed by atoms with van der Waals surface area (Å²) in [6.07, 6.45) is 3.27. The van der Waals surface area contributed by atoms with E-state index >= 15 is 0 Å². The SMILES string of the molecule is C/C=C1/C[C@@H]2OC(C)(C)O[C@@H]2C[C@H]1O. The molecule has 2 fully saturated rings. The predicted molar refractivity (Wildman–Crippen MR) is 52.8 cm³/mol. The van der Waals surface area contributed by atoms with Crippen LogP contribution in [0.4, 0.5) is 0 Å². The highest BCUT2D eigenvalue weighted by Crippen LogP contribution is 2.38. The molecule has 2 aliphatic rings. The molecule has 1 saturated heterocycles. The van der Waals surface area contributed by atoms with E-state index in [0.29, 0.717) is 6.42 Å². The van der Waals surface area contributed by atoms with Gasteiger partial charge >= 0.3 is 0 Å². The fourth-order valence-electron chi connectivity index (χ4n) is 2.33. The molecule has 0 aromatic heterocycles. The maximum Gasteiger partial charge on any atom is 0.163 e. The first kappa shape index (κ1) is 10.1. The maximum absolute atomic E-state index is 9.78. The first-order chi connectivity index (χ1) is 6.52. The van der Waals surface area contributed by atoms with E-state index in [1.807, 2.05) is 26.8 Å². The molecule has 0 aromatic rings. The minimum absolute atomic E-state index is 0.0590. The van der Waals surface area contributed by atoms with E-state index < -0.39 is 5.79 Å². The Kier molecular flexibility index (Phi) is 2.41. The lowest BCUT2D eigenvalue weighted by Gasteiger charge is -2.28. The highest BCUT2D eigenvalue weighted by atomic mass is 16.8. The Bertz CT molecular complexity index is 257. The van der Waals surface area contributed by atoms with Gasteiger partial charge in [0.1, 0.15) is 0 Å². The molecule has 0 amide bonds. The van der Waals surface area contributed by atoms with Crippen LogP contribution in [0.2, 0.25) is 0 Å². The van der Waals surface area contributed by atoms with Crippen molar-refractivity contribution in [1.29, 1.82) is 0 Å². The van der Waals surface area contributed by atoms with Crippen molar-refractivity contribution in [1.82, 2.24) is 0 Å². The fraction of sp³-hybridized carbons (Fsp3) is 0.818. The van der Waals surface area contributed by atoms with Crippen LogP contribution in [0, 0.1) is 0 Å². The van der Waals surface area contributed by atoms with Gasteiger partial charge < -0.3 is 14.6 Å². The van der Waals surface area contributed by atoms with Crippen LogP contribution >= 0.6 is 0 Å². The van der Waals surface area contributed by atoms with Crippen molar-refractivity contribution in [3.63, 3.8) is 0 Å². The van der Waals surface area contributed by atoms with Gasteiger partial charge in [0.05, 0.1) is 18.3 Å². The van der Waals surface area contributed by atoms with Crippen LogP contribution in [0.15, 0.2) is 11.6 Å². The molecule has 2 rings (SSSR count). The smallest absolute Gasteiger partial charge is 0.163 e. The average Bonchev–Trinajstić information content (AvgIpc) is 2.36. The monoisotopic (exact) mass is 198 g/mol. The van der Waals surface area contributed by atoms with E-state index in [0.717, 1.165) is 12.0 Å². The summed E-state index contributed by atoms with van der Waals surface area (Å²) < 4.78 is 11.5. The molecule has 1 aliphatic carbocycles. The molecule has 1 aliphatic heterocycles. The van der Waals surface area contributed by atoms with Crippen LogP contribution < -0.4 is 0 Å². The summed E-state index contributed by atoms with van der Waals surface area (Å²) >= 11 is 0. The van der Waals surface area contributed by atoms with Gasteiger partial charge in [0, 0.05) is 6.42 Å². The Morgan fingerprint density at radius 1 is 1.36 bits per heavy atom. The highest BCUT2D eigenvalue weighted by molar-refractivity contribution is 5.14. The van der Waals surface area contributed by atoms with Gasteiger partial charge in [-0.3, -0.25) is 0 Å². The van der Waals surface area contributed by atoms with Crippen molar-refractivity contribution in [2.45, 2.75) is 57.7 Å². The molecule has 0 radical (unpaired) electrons. The minimum atomic E-state index is -0.488. The van der Waals surface area contributed by atoms with Crippen LogP contribution in [0.1, 0.15) is 33.6 Å². The van der Waals surface area contributed by atoms with Crippen molar-refractivity contribution in [2.24, 2.45) is 0 Å². The normalized spacial score (nSPS) is 44.0. The van der Waals surface area contributed by atoms with E-state index in [1.165, 1.54) is 0 Å². The molecule has 1 saturated carbocycles. The third kappa shape index (κ3) is 1.72. The number of ether oxygens (including phenoxy) is 2. The standard InChI is InChI=1S/C11H18O3/c1-4-7-5-9-10(6-8(7)12)14-11(2,3)13-9/h4,8-10,12H,5-6H2,1-3H3/b7-4-/t8-,9+,10-/m1/s1. The van der Waals surface area contributed by atoms with Crippen LogP contribution in [0.3, 0.4) is 0 Å². The van der Waals surface area contributed by atoms with Gasteiger partial charge in [-0.05, 0) is 32.8 Å². The second-order valence-electron chi connectivity index (χ2n) is 4.53. The van der Waals surface area contributed by atoms with E-state index in [2.05, 4.69) is 0 Å². The van der Waals surface area contributed by atoms with Crippen molar-refractivity contribution in [3.05, 3.63) is 11.6 Å². The van der Waals surface area contributed by atoms with Gasteiger partial charge in [0.2, 0.25) is 0 Å². The Hall–Kier alpha value is -0.380. The van der Waals surface area contributed by atoms with Gasteiger partial charge in [-0.2, -0.15) is 0 Å². The zero-order valence-corrected chi connectivity index (χ0v) is 8.99. The molecule has 3 nitrogen and oxygen atoms in total. The van der Waals surface area contributed by atoms with Gasteiger partial charge in [0.15, 0.2) is 5.79 Å². The number of rotatable bonds is 0. The van der Waals surface area contributed by atoms with Crippen LogP contribution in [0.5, 0.6) is 0 Å². The summed E-state index contributed by atoms with van der Waals surface area (Å²) in [6, 6.07) is 0. The zero-order valence-electron chi connectivity index (χ0n) is 8.99. The third-order valence-corrected chi connectivity index (χ3v) is 2.98. The Labute approximate surface area is 84.7 Å². The molecule has 3 heteroatoms. The Morgan fingerprint density at radius 3 is 2.64 bits per heavy atom. The summed E-state index contributed by atoms with van der Waals surface area (Å²) in [4.78, 5) is 0. The first-order valence-electron chi connectivity index (χ1n) is 5.20. The van der Waals surface area contributed by atoms with Crippen molar-refractivity contribution < 1.29 is 14.6 Å². The van der Waals surface area contributed by atoms with E-state index in [-0.39, 0.29) is 18.3 Å². The Balaban J connectivity index is 2.11. The molecule has 0 aromatic carbocycles. The summed E-state index contributed by atoms with van der Waals surface area (Å²) in [5, 5.41) is 9.78. The number of aliphatic hydroxyl groups excluding tert-OH is 1. The number of hydrogen-bond donors (Lipinski definition) is 1. The van der Waals surface area contributed by atoms with Crippen LogP contribution in [-0.2, 0) is 9.47 Å². The molecule has 0 unspecified atom stereocenters. The maximum atomic E-state index is 9.78. The van der Waals surface area contributed by atoms with Crippen LogP contribution in [-0.4, -0.2) is 29.2 Å². The summed E-state index contributed by atoms with van der Waals surface area (Å²) in [5.74, 6) is -0.488. The molecule has 3 atom stereocenters.